The summed E-state index contributed by atoms with van der Waals surface area (Å²) < 4.78 is 5.48. The second-order valence-electron chi connectivity index (χ2n) is 3.82. The highest BCUT2D eigenvalue weighted by atomic mass is 16.5. The van der Waals surface area contributed by atoms with Crippen molar-refractivity contribution in [1.82, 2.24) is 0 Å². The number of rotatable bonds is 4. The van der Waals surface area contributed by atoms with Crippen molar-refractivity contribution in [3.8, 4) is 5.75 Å². The minimum absolute atomic E-state index is 0.0347. The summed E-state index contributed by atoms with van der Waals surface area (Å²) in [7, 11) is 0. The van der Waals surface area contributed by atoms with E-state index in [2.05, 4.69) is 0 Å². The lowest BCUT2D eigenvalue weighted by Crippen LogP contribution is -2.18. The zero-order valence-electron chi connectivity index (χ0n) is 9.36. The second-order valence-corrected chi connectivity index (χ2v) is 3.82. The fourth-order valence-electron chi connectivity index (χ4n) is 1.26. The number of benzene rings is 1. The molecule has 0 aromatic heterocycles. The van der Waals surface area contributed by atoms with Gasteiger partial charge in [0.1, 0.15) is 5.75 Å². The first-order valence-electron chi connectivity index (χ1n) is 5.03. The van der Waals surface area contributed by atoms with E-state index in [-0.39, 0.29) is 11.9 Å². The third-order valence-corrected chi connectivity index (χ3v) is 2.05. The van der Waals surface area contributed by atoms with Crippen LogP contribution in [0.3, 0.4) is 0 Å². The smallest absolute Gasteiger partial charge is 0.150 e. The SMILES string of the molecule is CC(=O)C(N)c1ccc(OC(C)C)cc1. The van der Waals surface area contributed by atoms with Crippen LogP contribution in [0.5, 0.6) is 5.75 Å². The molecule has 0 aliphatic heterocycles. The van der Waals surface area contributed by atoms with Crippen LogP contribution in [0.25, 0.3) is 0 Å². The molecule has 0 aliphatic rings. The van der Waals surface area contributed by atoms with Gasteiger partial charge in [0.15, 0.2) is 5.78 Å². The van der Waals surface area contributed by atoms with E-state index in [1.54, 1.807) is 0 Å². The first-order valence-corrected chi connectivity index (χ1v) is 5.03. The van der Waals surface area contributed by atoms with Crippen molar-refractivity contribution in [2.45, 2.75) is 32.9 Å². The van der Waals surface area contributed by atoms with Gasteiger partial charge in [0.25, 0.3) is 0 Å². The maximum atomic E-state index is 11.1. The van der Waals surface area contributed by atoms with Gasteiger partial charge in [-0.3, -0.25) is 4.79 Å². The second kappa shape index (κ2) is 4.94. The quantitative estimate of drug-likeness (QED) is 0.822. The molecule has 1 rings (SSSR count). The molecule has 1 aromatic rings. The van der Waals surface area contributed by atoms with Gasteiger partial charge in [-0.15, -0.1) is 0 Å². The molecule has 2 N–H and O–H groups in total. The zero-order valence-corrected chi connectivity index (χ0v) is 9.36. The first kappa shape index (κ1) is 11.7. The van der Waals surface area contributed by atoms with Gasteiger partial charge < -0.3 is 10.5 Å². The van der Waals surface area contributed by atoms with Crippen LogP contribution < -0.4 is 10.5 Å². The minimum Gasteiger partial charge on any atom is -0.491 e. The van der Waals surface area contributed by atoms with E-state index < -0.39 is 6.04 Å². The van der Waals surface area contributed by atoms with Crippen molar-refractivity contribution < 1.29 is 9.53 Å². The first-order chi connectivity index (χ1) is 7.00. The van der Waals surface area contributed by atoms with Gasteiger partial charge in [0, 0.05) is 0 Å². The Morgan fingerprint density at radius 1 is 1.27 bits per heavy atom. The van der Waals surface area contributed by atoms with Crippen molar-refractivity contribution in [2.75, 3.05) is 0 Å². The minimum atomic E-state index is -0.530. The summed E-state index contributed by atoms with van der Waals surface area (Å²) >= 11 is 0. The number of ether oxygens (including phenoxy) is 1. The Bertz CT molecular complexity index is 330. The molecule has 0 aliphatic carbocycles. The lowest BCUT2D eigenvalue weighted by molar-refractivity contribution is -0.118. The van der Waals surface area contributed by atoms with Gasteiger partial charge in [-0.25, -0.2) is 0 Å². The van der Waals surface area contributed by atoms with E-state index in [1.807, 2.05) is 38.1 Å². The van der Waals surface area contributed by atoms with Gasteiger partial charge in [0.2, 0.25) is 0 Å². The van der Waals surface area contributed by atoms with Crippen LogP contribution in [0, 0.1) is 0 Å². The highest BCUT2D eigenvalue weighted by molar-refractivity contribution is 5.82. The van der Waals surface area contributed by atoms with Crippen LogP contribution in [-0.4, -0.2) is 11.9 Å². The molecular weight excluding hydrogens is 190 g/mol. The van der Waals surface area contributed by atoms with Gasteiger partial charge >= 0.3 is 0 Å². The molecule has 0 radical (unpaired) electrons. The number of nitrogens with two attached hydrogens (primary N) is 1. The van der Waals surface area contributed by atoms with Crippen molar-refractivity contribution in [1.29, 1.82) is 0 Å². The molecule has 3 nitrogen and oxygen atoms in total. The molecule has 1 aromatic carbocycles. The van der Waals surface area contributed by atoms with E-state index >= 15 is 0 Å². The molecule has 0 saturated carbocycles. The Kier molecular flexibility index (Phi) is 3.86. The standard InChI is InChI=1S/C12H17NO2/c1-8(2)15-11-6-4-10(5-7-11)12(13)9(3)14/h4-8,12H,13H2,1-3H3. The molecule has 0 heterocycles. The Morgan fingerprint density at radius 3 is 2.20 bits per heavy atom. The average Bonchev–Trinajstić information content (AvgIpc) is 2.17. The predicted molar refractivity (Wildman–Crippen MR) is 59.8 cm³/mol. The highest BCUT2D eigenvalue weighted by Crippen LogP contribution is 2.17. The fraction of sp³-hybridized carbons (Fsp3) is 0.417. The fourth-order valence-corrected chi connectivity index (χ4v) is 1.26. The Morgan fingerprint density at radius 2 is 1.80 bits per heavy atom. The summed E-state index contributed by atoms with van der Waals surface area (Å²) in [5.74, 6) is 0.761. The lowest BCUT2D eigenvalue weighted by Gasteiger charge is -2.12. The van der Waals surface area contributed by atoms with Crippen LogP contribution in [0.4, 0.5) is 0 Å². The number of ketones is 1. The topological polar surface area (TPSA) is 52.3 Å². The molecule has 82 valence electrons. The molecule has 15 heavy (non-hydrogen) atoms. The number of carbonyl (C=O) groups is 1. The van der Waals surface area contributed by atoms with Crippen LogP contribution in [0.2, 0.25) is 0 Å². The molecule has 1 unspecified atom stereocenters. The highest BCUT2D eigenvalue weighted by Gasteiger charge is 2.10. The molecule has 1 atom stereocenters. The average molecular weight is 207 g/mol. The van der Waals surface area contributed by atoms with Gasteiger partial charge in [-0.2, -0.15) is 0 Å². The summed E-state index contributed by atoms with van der Waals surface area (Å²) in [5, 5.41) is 0. The Labute approximate surface area is 90.2 Å². The normalized spacial score (nSPS) is 12.6. The largest absolute Gasteiger partial charge is 0.491 e. The summed E-state index contributed by atoms with van der Waals surface area (Å²) in [5.41, 5.74) is 6.52. The van der Waals surface area contributed by atoms with Crippen molar-refractivity contribution in [3.05, 3.63) is 29.8 Å². The third kappa shape index (κ3) is 3.36. The monoisotopic (exact) mass is 207 g/mol. The predicted octanol–water partition coefficient (Wildman–Crippen LogP) is 2.06. The van der Waals surface area contributed by atoms with E-state index in [4.69, 9.17) is 10.5 Å². The molecule has 0 amide bonds. The molecule has 0 spiro atoms. The maximum Gasteiger partial charge on any atom is 0.150 e. The van der Waals surface area contributed by atoms with Crippen LogP contribution >= 0.6 is 0 Å². The summed E-state index contributed by atoms with van der Waals surface area (Å²) in [6.45, 7) is 5.42. The molecule has 3 heteroatoms. The molecule has 0 saturated heterocycles. The Balaban J connectivity index is 2.76. The van der Waals surface area contributed by atoms with E-state index in [9.17, 15) is 4.79 Å². The van der Waals surface area contributed by atoms with Gasteiger partial charge in [-0.05, 0) is 38.5 Å². The molecule has 0 bridgehead atoms. The summed E-state index contributed by atoms with van der Waals surface area (Å²) in [4.78, 5) is 11.1. The van der Waals surface area contributed by atoms with Crippen molar-refractivity contribution in [2.24, 2.45) is 5.73 Å². The maximum absolute atomic E-state index is 11.1. The number of Topliss-reactive ketones (excluding diaryl/α,β-unsaturated/α-hetero) is 1. The van der Waals surface area contributed by atoms with Crippen LogP contribution in [0.15, 0.2) is 24.3 Å². The van der Waals surface area contributed by atoms with Crippen molar-refractivity contribution in [3.63, 3.8) is 0 Å². The summed E-state index contributed by atoms with van der Waals surface area (Å²) in [6, 6.07) is 6.78. The summed E-state index contributed by atoms with van der Waals surface area (Å²) in [6.07, 6.45) is 0.150. The molecule has 0 fully saturated rings. The van der Waals surface area contributed by atoms with E-state index in [0.717, 1.165) is 11.3 Å². The van der Waals surface area contributed by atoms with Crippen LogP contribution in [-0.2, 0) is 4.79 Å². The molecular formula is C12H17NO2. The van der Waals surface area contributed by atoms with E-state index in [1.165, 1.54) is 6.92 Å². The number of hydrogen-bond acceptors (Lipinski definition) is 3. The number of carbonyl (C=O) groups excluding carboxylic acids is 1. The zero-order chi connectivity index (χ0) is 11.4. The number of hydrogen-bond donors (Lipinski definition) is 1. The van der Waals surface area contributed by atoms with E-state index in [0.29, 0.717) is 0 Å². The lowest BCUT2D eigenvalue weighted by atomic mass is 10.0. The van der Waals surface area contributed by atoms with Gasteiger partial charge in [-0.1, -0.05) is 12.1 Å². The van der Waals surface area contributed by atoms with Crippen molar-refractivity contribution >= 4 is 5.78 Å². The van der Waals surface area contributed by atoms with Crippen LogP contribution in [0.1, 0.15) is 32.4 Å². The Hall–Kier alpha value is -1.35. The third-order valence-electron chi connectivity index (χ3n) is 2.05. The van der Waals surface area contributed by atoms with Gasteiger partial charge in [0.05, 0.1) is 12.1 Å².